The van der Waals surface area contributed by atoms with Gasteiger partial charge in [0.05, 0.1) is 0 Å². The standard InChI is InChI=1S/C14H23NO3/c1-10(16)11-8-6-7-9-15(5)12(11)13(17)18-14(2,3)4/h6-7,11-12H,8-9H2,1-5H3. The maximum Gasteiger partial charge on any atom is 0.324 e. The Bertz CT molecular complexity index is 355. The van der Waals surface area contributed by atoms with Gasteiger partial charge < -0.3 is 4.74 Å². The van der Waals surface area contributed by atoms with E-state index in [4.69, 9.17) is 4.74 Å². The van der Waals surface area contributed by atoms with Gasteiger partial charge in [0.1, 0.15) is 17.4 Å². The van der Waals surface area contributed by atoms with Crippen LogP contribution in [0.15, 0.2) is 12.2 Å². The molecule has 2 atom stereocenters. The Hall–Kier alpha value is -1.16. The number of allylic oxidation sites excluding steroid dienone is 1. The summed E-state index contributed by atoms with van der Waals surface area (Å²) in [5, 5.41) is 0. The molecule has 0 aliphatic carbocycles. The lowest BCUT2D eigenvalue weighted by molar-refractivity contribution is -0.164. The van der Waals surface area contributed by atoms with Gasteiger partial charge in [-0.05, 0) is 41.2 Å². The van der Waals surface area contributed by atoms with Crippen LogP contribution in [0.4, 0.5) is 0 Å². The summed E-state index contributed by atoms with van der Waals surface area (Å²) in [6.07, 6.45) is 4.55. The van der Waals surface area contributed by atoms with Crippen LogP contribution < -0.4 is 0 Å². The summed E-state index contributed by atoms with van der Waals surface area (Å²) in [7, 11) is 1.85. The highest BCUT2D eigenvalue weighted by Gasteiger charge is 2.37. The number of carbonyl (C=O) groups excluding carboxylic acids is 2. The molecule has 0 fully saturated rings. The normalized spacial score (nSPS) is 25.6. The van der Waals surface area contributed by atoms with Crippen molar-refractivity contribution >= 4 is 11.8 Å². The smallest absolute Gasteiger partial charge is 0.324 e. The van der Waals surface area contributed by atoms with Crippen LogP contribution in [0, 0.1) is 5.92 Å². The van der Waals surface area contributed by atoms with Crippen molar-refractivity contribution in [2.24, 2.45) is 5.92 Å². The van der Waals surface area contributed by atoms with Crippen LogP contribution in [0.2, 0.25) is 0 Å². The molecule has 1 aliphatic rings. The molecule has 0 aromatic heterocycles. The molecule has 0 amide bonds. The Morgan fingerprint density at radius 2 is 1.89 bits per heavy atom. The van der Waals surface area contributed by atoms with Crippen molar-refractivity contribution in [3.8, 4) is 0 Å². The first-order valence-corrected chi connectivity index (χ1v) is 6.31. The van der Waals surface area contributed by atoms with Crippen LogP contribution >= 0.6 is 0 Å². The predicted octanol–water partition coefficient (Wildman–Crippen LogP) is 1.79. The Morgan fingerprint density at radius 3 is 2.39 bits per heavy atom. The molecule has 4 heteroatoms. The number of likely N-dealkylation sites (N-methyl/N-ethyl adjacent to an activating group) is 1. The first-order chi connectivity index (χ1) is 8.22. The summed E-state index contributed by atoms with van der Waals surface area (Å²) in [4.78, 5) is 25.8. The van der Waals surface area contributed by atoms with Gasteiger partial charge in [0, 0.05) is 12.5 Å². The van der Waals surface area contributed by atoms with Crippen LogP contribution in [0.25, 0.3) is 0 Å². The topological polar surface area (TPSA) is 46.6 Å². The van der Waals surface area contributed by atoms with E-state index >= 15 is 0 Å². The third-order valence-electron chi connectivity index (χ3n) is 2.98. The highest BCUT2D eigenvalue weighted by molar-refractivity contribution is 5.87. The lowest BCUT2D eigenvalue weighted by Crippen LogP contribution is -2.48. The van der Waals surface area contributed by atoms with Gasteiger partial charge in [0.2, 0.25) is 0 Å². The van der Waals surface area contributed by atoms with Crippen molar-refractivity contribution in [2.75, 3.05) is 13.6 Å². The SMILES string of the molecule is CC(=O)C1CC=CCN(C)C1C(=O)OC(C)(C)C. The van der Waals surface area contributed by atoms with Crippen molar-refractivity contribution in [1.29, 1.82) is 0 Å². The van der Waals surface area contributed by atoms with Gasteiger partial charge in [-0.2, -0.15) is 0 Å². The highest BCUT2D eigenvalue weighted by Crippen LogP contribution is 2.22. The van der Waals surface area contributed by atoms with E-state index < -0.39 is 11.6 Å². The van der Waals surface area contributed by atoms with Gasteiger partial charge >= 0.3 is 5.97 Å². The maximum absolute atomic E-state index is 12.2. The van der Waals surface area contributed by atoms with Gasteiger partial charge in [-0.15, -0.1) is 0 Å². The molecule has 0 radical (unpaired) electrons. The van der Waals surface area contributed by atoms with E-state index in [0.29, 0.717) is 13.0 Å². The van der Waals surface area contributed by atoms with Crippen LogP contribution in [-0.4, -0.2) is 41.9 Å². The molecule has 0 N–H and O–H groups in total. The summed E-state index contributed by atoms with van der Waals surface area (Å²) in [5.41, 5.74) is -0.529. The highest BCUT2D eigenvalue weighted by atomic mass is 16.6. The molecule has 0 saturated carbocycles. The number of carbonyl (C=O) groups is 2. The number of nitrogens with zero attached hydrogens (tertiary/aromatic N) is 1. The van der Waals surface area contributed by atoms with Crippen molar-refractivity contribution in [2.45, 2.75) is 45.8 Å². The van der Waals surface area contributed by atoms with Crippen LogP contribution in [0.1, 0.15) is 34.1 Å². The summed E-state index contributed by atoms with van der Waals surface area (Å²) in [6, 6.07) is -0.489. The first-order valence-electron chi connectivity index (χ1n) is 6.31. The monoisotopic (exact) mass is 253 g/mol. The fourth-order valence-corrected chi connectivity index (χ4v) is 2.13. The molecule has 0 aromatic carbocycles. The quantitative estimate of drug-likeness (QED) is 0.556. The molecule has 4 nitrogen and oxygen atoms in total. The second-order valence-corrected chi connectivity index (χ2v) is 5.84. The van der Waals surface area contributed by atoms with Gasteiger partial charge in [-0.3, -0.25) is 14.5 Å². The fraction of sp³-hybridized carbons (Fsp3) is 0.714. The van der Waals surface area contributed by atoms with Gasteiger partial charge in [-0.25, -0.2) is 0 Å². The number of hydrogen-bond donors (Lipinski definition) is 0. The summed E-state index contributed by atoms with van der Waals surface area (Å²) in [5.74, 6) is -0.596. The number of esters is 1. The summed E-state index contributed by atoms with van der Waals surface area (Å²) >= 11 is 0. The van der Waals surface area contributed by atoms with Crippen molar-refractivity contribution in [3.05, 3.63) is 12.2 Å². The van der Waals surface area contributed by atoms with E-state index in [1.807, 2.05) is 44.9 Å². The van der Waals surface area contributed by atoms with E-state index in [1.165, 1.54) is 6.92 Å². The Kier molecular flexibility index (Phi) is 4.68. The minimum Gasteiger partial charge on any atom is -0.459 e. The van der Waals surface area contributed by atoms with Crippen LogP contribution in [0.5, 0.6) is 0 Å². The molecule has 0 saturated heterocycles. The molecular formula is C14H23NO3. The average Bonchev–Trinajstić information content (AvgIpc) is 2.36. The van der Waals surface area contributed by atoms with E-state index in [0.717, 1.165) is 0 Å². The third kappa shape index (κ3) is 3.95. The molecule has 0 aromatic rings. The Morgan fingerprint density at radius 1 is 1.28 bits per heavy atom. The van der Waals surface area contributed by atoms with Crippen molar-refractivity contribution < 1.29 is 14.3 Å². The Balaban J connectivity index is 2.92. The molecule has 1 aliphatic heterocycles. The lowest BCUT2D eigenvalue weighted by atomic mass is 9.92. The predicted molar refractivity (Wildman–Crippen MR) is 70.2 cm³/mol. The van der Waals surface area contributed by atoms with E-state index in [-0.39, 0.29) is 17.7 Å². The number of hydrogen-bond acceptors (Lipinski definition) is 4. The van der Waals surface area contributed by atoms with E-state index in [2.05, 4.69) is 0 Å². The molecule has 2 unspecified atom stereocenters. The summed E-state index contributed by atoms with van der Waals surface area (Å²) < 4.78 is 5.42. The maximum atomic E-state index is 12.2. The van der Waals surface area contributed by atoms with E-state index in [9.17, 15) is 9.59 Å². The Labute approximate surface area is 109 Å². The molecule has 102 valence electrons. The van der Waals surface area contributed by atoms with E-state index in [1.54, 1.807) is 0 Å². The number of rotatable bonds is 2. The second-order valence-electron chi connectivity index (χ2n) is 5.84. The van der Waals surface area contributed by atoms with Crippen LogP contribution in [0.3, 0.4) is 0 Å². The number of Topliss-reactive ketones (excluding diaryl/α,β-unsaturated/α-hetero) is 1. The summed E-state index contributed by atoms with van der Waals surface area (Å²) in [6.45, 7) is 7.70. The van der Waals surface area contributed by atoms with Crippen molar-refractivity contribution in [1.82, 2.24) is 4.90 Å². The second kappa shape index (κ2) is 5.65. The first kappa shape index (κ1) is 14.9. The van der Waals surface area contributed by atoms with Crippen molar-refractivity contribution in [3.63, 3.8) is 0 Å². The molecule has 1 rings (SSSR count). The largest absolute Gasteiger partial charge is 0.459 e. The molecular weight excluding hydrogens is 230 g/mol. The molecule has 18 heavy (non-hydrogen) atoms. The lowest BCUT2D eigenvalue weighted by Gasteiger charge is -2.31. The number of ketones is 1. The third-order valence-corrected chi connectivity index (χ3v) is 2.98. The van der Waals surface area contributed by atoms with Gasteiger partial charge in [0.25, 0.3) is 0 Å². The molecule has 0 spiro atoms. The van der Waals surface area contributed by atoms with Crippen LogP contribution in [-0.2, 0) is 14.3 Å². The molecule has 0 bridgehead atoms. The minimum absolute atomic E-state index is 0.0317. The zero-order chi connectivity index (χ0) is 13.9. The minimum atomic E-state index is -0.529. The average molecular weight is 253 g/mol. The number of ether oxygens (including phenoxy) is 1. The zero-order valence-corrected chi connectivity index (χ0v) is 11.9. The fourth-order valence-electron chi connectivity index (χ4n) is 2.13. The van der Waals surface area contributed by atoms with Gasteiger partial charge in [-0.1, -0.05) is 12.2 Å². The molecule has 1 heterocycles. The van der Waals surface area contributed by atoms with Gasteiger partial charge in [0.15, 0.2) is 0 Å². The zero-order valence-electron chi connectivity index (χ0n) is 11.9.